The molecule has 0 amide bonds. The van der Waals surface area contributed by atoms with Crippen LogP contribution in [0, 0.1) is 0 Å². The molecule has 1 N–H and O–H groups in total. The Labute approximate surface area is 165 Å². The second-order valence-electron chi connectivity index (χ2n) is 6.45. The Bertz CT molecular complexity index is 335. The van der Waals surface area contributed by atoms with Crippen LogP contribution >= 0.6 is 24.0 Å². The number of piperidine rings is 1. The standard InChI is InChI=1S/C17H36N4O2.HI/c1-15(2)20(4)12-9-19-17(18-3)21-10-7-16(8-11-21)23-14-6-13-22-5;/h15-16H,6-14H2,1-5H3,(H,18,19);1H. The molecule has 0 aromatic rings. The lowest BCUT2D eigenvalue weighted by Gasteiger charge is -2.34. The highest BCUT2D eigenvalue weighted by molar-refractivity contribution is 14.0. The van der Waals surface area contributed by atoms with Crippen molar-refractivity contribution in [2.45, 2.75) is 45.3 Å². The van der Waals surface area contributed by atoms with E-state index in [1.807, 2.05) is 7.05 Å². The van der Waals surface area contributed by atoms with Gasteiger partial charge in [-0.2, -0.15) is 0 Å². The topological polar surface area (TPSA) is 49.3 Å². The van der Waals surface area contributed by atoms with E-state index in [1.165, 1.54) is 0 Å². The Morgan fingerprint density at radius 1 is 1.29 bits per heavy atom. The van der Waals surface area contributed by atoms with E-state index in [1.54, 1.807) is 7.11 Å². The van der Waals surface area contributed by atoms with Gasteiger partial charge in [0.2, 0.25) is 0 Å². The zero-order chi connectivity index (χ0) is 17.1. The van der Waals surface area contributed by atoms with E-state index in [0.29, 0.717) is 12.1 Å². The summed E-state index contributed by atoms with van der Waals surface area (Å²) in [6.07, 6.45) is 3.50. The Hall–Kier alpha value is -0.120. The van der Waals surface area contributed by atoms with E-state index in [9.17, 15) is 0 Å². The van der Waals surface area contributed by atoms with E-state index in [0.717, 1.165) is 64.6 Å². The van der Waals surface area contributed by atoms with Crippen LogP contribution in [-0.2, 0) is 9.47 Å². The molecule has 1 saturated heterocycles. The number of halogens is 1. The van der Waals surface area contributed by atoms with E-state index < -0.39 is 0 Å². The zero-order valence-corrected chi connectivity index (χ0v) is 18.4. The fraction of sp³-hybridized carbons (Fsp3) is 0.941. The molecule has 0 aromatic carbocycles. The molecule has 1 aliphatic heterocycles. The molecule has 6 nitrogen and oxygen atoms in total. The molecule has 0 atom stereocenters. The molecule has 0 saturated carbocycles. The van der Waals surface area contributed by atoms with Crippen LogP contribution in [-0.4, -0.2) is 88.5 Å². The number of likely N-dealkylation sites (N-methyl/N-ethyl adjacent to an activating group) is 1. The predicted molar refractivity (Wildman–Crippen MR) is 112 cm³/mol. The van der Waals surface area contributed by atoms with Crippen LogP contribution in [0.25, 0.3) is 0 Å². The van der Waals surface area contributed by atoms with E-state index in [2.05, 4.69) is 41.0 Å². The van der Waals surface area contributed by atoms with Gasteiger partial charge in [0.05, 0.1) is 6.10 Å². The number of rotatable bonds is 9. The van der Waals surface area contributed by atoms with Crippen LogP contribution in [0.2, 0.25) is 0 Å². The first-order valence-corrected chi connectivity index (χ1v) is 8.84. The van der Waals surface area contributed by atoms with Crippen LogP contribution in [0.4, 0.5) is 0 Å². The summed E-state index contributed by atoms with van der Waals surface area (Å²) in [7, 11) is 5.75. The summed E-state index contributed by atoms with van der Waals surface area (Å²) in [5, 5.41) is 3.48. The van der Waals surface area contributed by atoms with Crippen LogP contribution in [0.3, 0.4) is 0 Å². The first-order chi connectivity index (χ1) is 11.1. The average molecular weight is 456 g/mol. The first-order valence-electron chi connectivity index (χ1n) is 8.84. The highest BCUT2D eigenvalue weighted by Crippen LogP contribution is 2.14. The Kier molecular flexibility index (Phi) is 14.0. The van der Waals surface area contributed by atoms with Crippen LogP contribution < -0.4 is 5.32 Å². The van der Waals surface area contributed by atoms with Crippen LogP contribution in [0.5, 0.6) is 0 Å². The maximum atomic E-state index is 5.91. The highest BCUT2D eigenvalue weighted by atomic mass is 127. The monoisotopic (exact) mass is 456 g/mol. The van der Waals surface area contributed by atoms with Gasteiger partial charge in [-0.15, -0.1) is 24.0 Å². The van der Waals surface area contributed by atoms with Crippen molar-refractivity contribution < 1.29 is 9.47 Å². The van der Waals surface area contributed by atoms with Gasteiger partial charge in [0.1, 0.15) is 0 Å². The molecule has 144 valence electrons. The summed E-state index contributed by atoms with van der Waals surface area (Å²) < 4.78 is 11.0. The molecule has 0 aliphatic carbocycles. The average Bonchev–Trinajstić information content (AvgIpc) is 2.56. The van der Waals surface area contributed by atoms with Crippen molar-refractivity contribution in [1.82, 2.24) is 15.1 Å². The number of likely N-dealkylation sites (tertiary alicyclic amines) is 1. The molecule has 0 aromatic heterocycles. The molecule has 0 bridgehead atoms. The van der Waals surface area contributed by atoms with Gasteiger partial charge in [0.25, 0.3) is 0 Å². The van der Waals surface area contributed by atoms with Crippen molar-refractivity contribution in [2.75, 3.05) is 60.6 Å². The fourth-order valence-corrected chi connectivity index (χ4v) is 2.62. The maximum Gasteiger partial charge on any atom is 0.193 e. The van der Waals surface area contributed by atoms with Gasteiger partial charge in [-0.3, -0.25) is 4.99 Å². The normalized spacial score (nSPS) is 16.6. The minimum Gasteiger partial charge on any atom is -0.385 e. The SMILES string of the molecule is CN=C(NCCN(C)C(C)C)N1CCC(OCCCOC)CC1.I. The number of hydrogen-bond acceptors (Lipinski definition) is 4. The van der Waals surface area contributed by atoms with Crippen molar-refractivity contribution in [1.29, 1.82) is 0 Å². The van der Waals surface area contributed by atoms with Gasteiger partial charge in [-0.1, -0.05) is 0 Å². The zero-order valence-electron chi connectivity index (χ0n) is 16.1. The van der Waals surface area contributed by atoms with Crippen LogP contribution in [0.15, 0.2) is 4.99 Å². The number of nitrogens with zero attached hydrogens (tertiary/aromatic N) is 3. The van der Waals surface area contributed by atoms with Crippen molar-refractivity contribution in [2.24, 2.45) is 4.99 Å². The molecule has 0 radical (unpaired) electrons. The van der Waals surface area contributed by atoms with Gasteiger partial charge in [-0.05, 0) is 40.2 Å². The quantitative estimate of drug-likeness (QED) is 0.249. The molecule has 24 heavy (non-hydrogen) atoms. The Balaban J connectivity index is 0.00000529. The van der Waals surface area contributed by atoms with Gasteiger partial charge in [0, 0.05) is 59.6 Å². The number of methoxy groups -OCH3 is 1. The summed E-state index contributed by atoms with van der Waals surface area (Å²) in [6, 6.07) is 0.574. The third-order valence-corrected chi connectivity index (χ3v) is 4.43. The Morgan fingerprint density at radius 3 is 2.50 bits per heavy atom. The lowest BCUT2D eigenvalue weighted by atomic mass is 10.1. The highest BCUT2D eigenvalue weighted by Gasteiger charge is 2.21. The summed E-state index contributed by atoms with van der Waals surface area (Å²) >= 11 is 0. The molecule has 1 aliphatic rings. The second kappa shape index (κ2) is 14.1. The molecule has 0 unspecified atom stereocenters. The smallest absolute Gasteiger partial charge is 0.193 e. The number of hydrogen-bond donors (Lipinski definition) is 1. The second-order valence-corrected chi connectivity index (χ2v) is 6.45. The van der Waals surface area contributed by atoms with Crippen molar-refractivity contribution in [3.63, 3.8) is 0 Å². The molecule has 7 heteroatoms. The van der Waals surface area contributed by atoms with E-state index in [-0.39, 0.29) is 24.0 Å². The number of nitrogens with one attached hydrogen (secondary N) is 1. The summed E-state index contributed by atoms with van der Waals surface area (Å²) in [5.74, 6) is 1.01. The molecular weight excluding hydrogens is 419 g/mol. The minimum absolute atomic E-state index is 0. The van der Waals surface area contributed by atoms with E-state index in [4.69, 9.17) is 9.47 Å². The predicted octanol–water partition coefficient (Wildman–Crippen LogP) is 2.04. The molecule has 0 spiro atoms. The lowest BCUT2D eigenvalue weighted by Crippen LogP contribution is -2.48. The number of guanidine groups is 1. The molecule has 1 fully saturated rings. The molecule has 1 rings (SSSR count). The van der Waals surface area contributed by atoms with Crippen molar-refractivity contribution in [3.8, 4) is 0 Å². The van der Waals surface area contributed by atoms with Crippen molar-refractivity contribution >= 4 is 29.9 Å². The van der Waals surface area contributed by atoms with Crippen LogP contribution in [0.1, 0.15) is 33.1 Å². The number of ether oxygens (including phenoxy) is 2. The summed E-state index contributed by atoms with van der Waals surface area (Å²) in [5.41, 5.74) is 0. The minimum atomic E-state index is 0. The maximum absolute atomic E-state index is 5.91. The summed E-state index contributed by atoms with van der Waals surface area (Å²) in [6.45, 7) is 9.97. The van der Waals surface area contributed by atoms with Gasteiger partial charge < -0.3 is 24.6 Å². The third-order valence-electron chi connectivity index (χ3n) is 4.43. The largest absolute Gasteiger partial charge is 0.385 e. The molecular formula is C17H37IN4O2. The van der Waals surface area contributed by atoms with Gasteiger partial charge in [0.15, 0.2) is 5.96 Å². The van der Waals surface area contributed by atoms with Crippen molar-refractivity contribution in [3.05, 3.63) is 0 Å². The molecule has 1 heterocycles. The first kappa shape index (κ1) is 23.9. The summed E-state index contributed by atoms with van der Waals surface area (Å²) in [4.78, 5) is 9.09. The van der Waals surface area contributed by atoms with E-state index >= 15 is 0 Å². The third kappa shape index (κ3) is 9.39. The number of aliphatic imine (C=N–C) groups is 1. The Morgan fingerprint density at radius 2 is 1.96 bits per heavy atom. The lowest BCUT2D eigenvalue weighted by molar-refractivity contribution is 0.00990. The van der Waals surface area contributed by atoms with Gasteiger partial charge >= 0.3 is 0 Å². The van der Waals surface area contributed by atoms with Gasteiger partial charge in [-0.25, -0.2) is 0 Å². The fourth-order valence-electron chi connectivity index (χ4n) is 2.62.